The van der Waals surface area contributed by atoms with E-state index >= 15 is 0 Å². The number of benzene rings is 1. The normalized spacial score (nSPS) is 14.4. The molecule has 0 aliphatic carbocycles. The first-order valence-corrected chi connectivity index (χ1v) is 6.96. The summed E-state index contributed by atoms with van der Waals surface area (Å²) in [5.74, 6) is -0.0604. The van der Waals surface area contributed by atoms with Gasteiger partial charge in [-0.15, -0.1) is 25.6 Å². The molecule has 0 saturated heterocycles. The van der Waals surface area contributed by atoms with Crippen LogP contribution in [0.2, 0.25) is 5.02 Å². The molecule has 0 radical (unpaired) electrons. The highest BCUT2D eigenvalue weighted by Gasteiger charge is 2.32. The number of nitrogens with two attached hydrogens (primary N) is 1. The van der Waals surface area contributed by atoms with Gasteiger partial charge in [-0.1, -0.05) is 31.5 Å². The topological polar surface area (TPSA) is 55.5 Å². The monoisotopic (exact) mass is 361 g/mol. The lowest BCUT2D eigenvalue weighted by Gasteiger charge is -2.21. The van der Waals surface area contributed by atoms with E-state index in [-0.39, 0.29) is 17.4 Å². The Hall–Kier alpha value is -0.690. The molecule has 22 heavy (non-hydrogen) atoms. The maximum absolute atomic E-state index is 12.1. The van der Waals surface area contributed by atoms with Crippen LogP contribution in [0.25, 0.3) is 0 Å². The number of rotatable bonds is 6. The maximum atomic E-state index is 12.1. The summed E-state index contributed by atoms with van der Waals surface area (Å²) < 4.78 is 40.2. The van der Waals surface area contributed by atoms with E-state index in [1.165, 1.54) is 12.1 Å². The van der Waals surface area contributed by atoms with Crippen LogP contribution in [-0.4, -0.2) is 17.6 Å². The van der Waals surface area contributed by atoms with Crippen molar-refractivity contribution in [2.24, 2.45) is 11.7 Å². The van der Waals surface area contributed by atoms with Gasteiger partial charge in [0, 0.05) is 0 Å². The molecular formula is C14H20Cl2F3NO2. The van der Waals surface area contributed by atoms with Crippen LogP contribution in [0.15, 0.2) is 18.2 Å². The fourth-order valence-electron chi connectivity index (χ4n) is 1.84. The zero-order valence-electron chi connectivity index (χ0n) is 12.2. The van der Waals surface area contributed by atoms with Crippen molar-refractivity contribution in [2.75, 3.05) is 0 Å². The SMILES string of the molecule is CC(C)CC[C@@H](O)[C@@H](N)c1ccc(OC(F)(F)F)c(Cl)c1.Cl. The average Bonchev–Trinajstić information content (AvgIpc) is 2.36. The molecule has 0 aliphatic rings. The molecule has 0 aliphatic heterocycles. The number of hydrogen-bond acceptors (Lipinski definition) is 3. The number of aliphatic hydroxyl groups is 1. The van der Waals surface area contributed by atoms with Crippen LogP contribution in [0.3, 0.4) is 0 Å². The zero-order chi connectivity index (χ0) is 16.2. The van der Waals surface area contributed by atoms with Crippen molar-refractivity contribution in [1.82, 2.24) is 0 Å². The molecule has 0 aromatic heterocycles. The fraction of sp³-hybridized carbons (Fsp3) is 0.571. The highest BCUT2D eigenvalue weighted by molar-refractivity contribution is 6.32. The lowest BCUT2D eigenvalue weighted by molar-refractivity contribution is -0.274. The Labute approximate surface area is 139 Å². The van der Waals surface area contributed by atoms with Crippen LogP contribution >= 0.6 is 24.0 Å². The van der Waals surface area contributed by atoms with Crippen molar-refractivity contribution >= 4 is 24.0 Å². The molecule has 1 aromatic carbocycles. The summed E-state index contributed by atoms with van der Waals surface area (Å²) in [6.45, 7) is 4.05. The van der Waals surface area contributed by atoms with Crippen LogP contribution in [0.5, 0.6) is 5.75 Å². The smallest absolute Gasteiger partial charge is 0.404 e. The van der Waals surface area contributed by atoms with Gasteiger partial charge in [0.05, 0.1) is 17.2 Å². The molecule has 0 fully saturated rings. The molecule has 2 atom stereocenters. The van der Waals surface area contributed by atoms with Crippen molar-refractivity contribution in [3.05, 3.63) is 28.8 Å². The van der Waals surface area contributed by atoms with Crippen molar-refractivity contribution < 1.29 is 23.0 Å². The highest BCUT2D eigenvalue weighted by Crippen LogP contribution is 2.32. The van der Waals surface area contributed by atoms with Gasteiger partial charge in [-0.05, 0) is 36.5 Å². The molecule has 3 nitrogen and oxygen atoms in total. The fourth-order valence-corrected chi connectivity index (χ4v) is 2.07. The van der Waals surface area contributed by atoms with E-state index < -0.39 is 24.3 Å². The summed E-state index contributed by atoms with van der Waals surface area (Å²) in [6.07, 6.45) is -4.27. The molecule has 1 rings (SSSR count). The van der Waals surface area contributed by atoms with Crippen LogP contribution in [0.1, 0.15) is 38.3 Å². The van der Waals surface area contributed by atoms with Crippen LogP contribution < -0.4 is 10.5 Å². The van der Waals surface area contributed by atoms with E-state index in [9.17, 15) is 18.3 Å². The number of alkyl halides is 3. The van der Waals surface area contributed by atoms with E-state index in [2.05, 4.69) is 4.74 Å². The minimum Gasteiger partial charge on any atom is -0.404 e. The summed E-state index contributed by atoms with van der Waals surface area (Å²) in [4.78, 5) is 0. The second-order valence-electron chi connectivity index (χ2n) is 5.30. The molecule has 0 bridgehead atoms. The van der Waals surface area contributed by atoms with E-state index in [0.29, 0.717) is 17.9 Å². The minimum absolute atomic E-state index is 0. The van der Waals surface area contributed by atoms with Crippen LogP contribution in [0.4, 0.5) is 13.2 Å². The molecular weight excluding hydrogens is 342 g/mol. The lowest BCUT2D eigenvalue weighted by Crippen LogP contribution is -2.26. The predicted octanol–water partition coefficient (Wildman–Crippen LogP) is 4.46. The lowest BCUT2D eigenvalue weighted by atomic mass is 9.96. The summed E-state index contributed by atoms with van der Waals surface area (Å²) in [6, 6.07) is 3.05. The Balaban J connectivity index is 0.00000441. The van der Waals surface area contributed by atoms with E-state index in [1.54, 1.807) is 0 Å². The molecule has 0 saturated carbocycles. The largest absolute Gasteiger partial charge is 0.573 e. The predicted molar refractivity (Wildman–Crippen MR) is 82.4 cm³/mol. The molecule has 0 amide bonds. The van der Waals surface area contributed by atoms with Crippen molar-refractivity contribution in [2.45, 2.75) is 45.2 Å². The third-order valence-electron chi connectivity index (χ3n) is 3.02. The Morgan fingerprint density at radius 1 is 1.27 bits per heavy atom. The first-order valence-electron chi connectivity index (χ1n) is 6.59. The minimum atomic E-state index is -4.80. The Morgan fingerprint density at radius 2 is 1.86 bits per heavy atom. The molecule has 0 heterocycles. The Kier molecular flexibility index (Phi) is 8.54. The second kappa shape index (κ2) is 8.82. The Bertz CT molecular complexity index is 470. The number of hydrogen-bond donors (Lipinski definition) is 2. The van der Waals surface area contributed by atoms with Gasteiger partial charge in [-0.3, -0.25) is 0 Å². The van der Waals surface area contributed by atoms with Gasteiger partial charge in [0.15, 0.2) is 0 Å². The maximum Gasteiger partial charge on any atom is 0.573 e. The summed E-state index contributed by atoms with van der Waals surface area (Å²) in [7, 11) is 0. The quantitative estimate of drug-likeness (QED) is 0.786. The zero-order valence-corrected chi connectivity index (χ0v) is 13.8. The first kappa shape index (κ1) is 21.3. The molecule has 0 unspecified atom stereocenters. The van der Waals surface area contributed by atoms with E-state index in [1.807, 2.05) is 13.8 Å². The van der Waals surface area contributed by atoms with Gasteiger partial charge in [0.2, 0.25) is 0 Å². The summed E-state index contributed by atoms with van der Waals surface area (Å²) >= 11 is 5.75. The average molecular weight is 362 g/mol. The first-order chi connectivity index (χ1) is 9.60. The van der Waals surface area contributed by atoms with Crippen LogP contribution in [0, 0.1) is 5.92 Å². The third kappa shape index (κ3) is 7.05. The van der Waals surface area contributed by atoms with Gasteiger partial charge < -0.3 is 15.6 Å². The Morgan fingerprint density at radius 3 is 2.32 bits per heavy atom. The van der Waals surface area contributed by atoms with E-state index in [0.717, 1.165) is 12.5 Å². The van der Waals surface area contributed by atoms with Gasteiger partial charge >= 0.3 is 6.36 Å². The summed E-state index contributed by atoms with van der Waals surface area (Å²) in [5.41, 5.74) is 6.36. The number of ether oxygens (including phenoxy) is 1. The van der Waals surface area contributed by atoms with Gasteiger partial charge in [-0.25, -0.2) is 0 Å². The highest BCUT2D eigenvalue weighted by atomic mass is 35.5. The van der Waals surface area contributed by atoms with Crippen LogP contribution in [-0.2, 0) is 0 Å². The van der Waals surface area contributed by atoms with Gasteiger partial charge in [0.25, 0.3) is 0 Å². The number of aliphatic hydroxyl groups excluding tert-OH is 1. The third-order valence-corrected chi connectivity index (χ3v) is 3.32. The molecule has 128 valence electrons. The second-order valence-corrected chi connectivity index (χ2v) is 5.71. The van der Waals surface area contributed by atoms with Crippen molar-refractivity contribution in [3.63, 3.8) is 0 Å². The standard InChI is InChI=1S/C14H19ClF3NO2.ClH/c1-8(2)3-5-11(20)13(19)9-4-6-12(10(15)7-9)21-14(16,17)18;/h4,6-8,11,13,20H,3,5,19H2,1-2H3;1H/t11-,13+;/m1./s1. The van der Waals surface area contributed by atoms with E-state index in [4.69, 9.17) is 17.3 Å². The van der Waals surface area contributed by atoms with Crippen molar-refractivity contribution in [1.29, 1.82) is 0 Å². The van der Waals surface area contributed by atoms with Gasteiger partial charge in [-0.2, -0.15) is 0 Å². The molecule has 3 N–H and O–H groups in total. The summed E-state index contributed by atoms with van der Waals surface area (Å²) in [5, 5.41) is 9.79. The number of halogens is 5. The molecule has 1 aromatic rings. The van der Waals surface area contributed by atoms with Crippen molar-refractivity contribution in [3.8, 4) is 5.75 Å². The van der Waals surface area contributed by atoms with Gasteiger partial charge in [0.1, 0.15) is 5.75 Å². The molecule has 0 spiro atoms. The molecule has 8 heteroatoms.